The molecule has 4 rings (SSSR count). The standard InChI is InChI=1S/C23H24N4O2S.2C2HF3O2/c24-21(23(28)27-13-14-30-16-27)15-17-4-8-19(9-5-17)29-20-10-6-18(7-11-20)26-22-3-1-2-12-25-22;2*3-2(4,5)1(6)7/h1-12,21H,13-16,24H2,(H,25,26);2*(H,6,7)/t21-;;/m0../s1. The number of aliphatic carboxylic acids is 2. The third-order valence-corrected chi connectivity index (χ3v) is 6.24. The number of nitrogens with zero attached hydrogens (tertiary/aromatic N) is 2. The van der Waals surface area contributed by atoms with Crippen molar-refractivity contribution in [1.82, 2.24) is 9.88 Å². The van der Waals surface area contributed by atoms with Crippen molar-refractivity contribution in [2.24, 2.45) is 5.73 Å². The summed E-state index contributed by atoms with van der Waals surface area (Å²) in [5.74, 6) is -1.48. The number of benzene rings is 2. The van der Waals surface area contributed by atoms with Crippen LogP contribution in [0.15, 0.2) is 72.9 Å². The zero-order valence-electron chi connectivity index (χ0n) is 22.5. The van der Waals surface area contributed by atoms with Gasteiger partial charge in [-0.2, -0.15) is 26.3 Å². The number of anilines is 2. The molecule has 0 spiro atoms. The van der Waals surface area contributed by atoms with Crippen molar-refractivity contribution in [2.45, 2.75) is 24.8 Å². The molecule has 5 N–H and O–H groups in total. The van der Waals surface area contributed by atoms with Crippen LogP contribution in [0, 0.1) is 0 Å². The van der Waals surface area contributed by atoms with Crippen molar-refractivity contribution in [2.75, 3.05) is 23.5 Å². The monoisotopic (exact) mass is 648 g/mol. The lowest BCUT2D eigenvalue weighted by Gasteiger charge is -2.19. The molecule has 1 aliphatic heterocycles. The second-order valence-corrected chi connectivity index (χ2v) is 9.74. The lowest BCUT2D eigenvalue weighted by Crippen LogP contribution is -2.43. The molecule has 0 radical (unpaired) electrons. The Balaban J connectivity index is 0.000000402. The van der Waals surface area contributed by atoms with E-state index in [4.69, 9.17) is 30.3 Å². The first-order valence-corrected chi connectivity index (χ1v) is 13.5. The number of rotatable bonds is 7. The first kappa shape index (κ1) is 35.7. The predicted octanol–water partition coefficient (Wildman–Crippen LogP) is 5.29. The molecule has 3 aromatic rings. The Morgan fingerprint density at radius 1 is 0.909 bits per heavy atom. The highest BCUT2D eigenvalue weighted by atomic mass is 32.2. The number of aromatic nitrogens is 1. The van der Waals surface area contributed by atoms with E-state index >= 15 is 0 Å². The van der Waals surface area contributed by atoms with Crippen LogP contribution in [0.5, 0.6) is 11.5 Å². The fourth-order valence-electron chi connectivity index (χ4n) is 3.18. The molecule has 10 nitrogen and oxygen atoms in total. The van der Waals surface area contributed by atoms with Crippen molar-refractivity contribution in [3.8, 4) is 11.5 Å². The number of halogens is 6. The number of carboxylic acids is 2. The van der Waals surface area contributed by atoms with Gasteiger partial charge in [0.1, 0.15) is 17.3 Å². The number of nitrogens with one attached hydrogen (secondary N) is 1. The van der Waals surface area contributed by atoms with Crippen molar-refractivity contribution in [3.05, 3.63) is 78.5 Å². The van der Waals surface area contributed by atoms with Gasteiger partial charge in [0.05, 0.1) is 11.9 Å². The van der Waals surface area contributed by atoms with Crippen molar-refractivity contribution in [1.29, 1.82) is 0 Å². The van der Waals surface area contributed by atoms with Crippen LogP contribution < -0.4 is 15.8 Å². The highest BCUT2D eigenvalue weighted by Gasteiger charge is 2.38. The average molecular weight is 649 g/mol. The summed E-state index contributed by atoms with van der Waals surface area (Å²) in [7, 11) is 0. The van der Waals surface area contributed by atoms with Crippen molar-refractivity contribution in [3.63, 3.8) is 0 Å². The summed E-state index contributed by atoms with van der Waals surface area (Å²) >= 11 is 1.76. The zero-order valence-corrected chi connectivity index (χ0v) is 23.3. The zero-order chi connectivity index (χ0) is 32.9. The topological polar surface area (TPSA) is 155 Å². The number of alkyl halides is 6. The summed E-state index contributed by atoms with van der Waals surface area (Å²) < 4.78 is 69.4. The second-order valence-electron chi connectivity index (χ2n) is 8.67. The molecule has 2 aromatic carbocycles. The van der Waals surface area contributed by atoms with E-state index in [-0.39, 0.29) is 5.91 Å². The molecule has 0 unspecified atom stereocenters. The van der Waals surface area contributed by atoms with Crippen LogP contribution in [0.3, 0.4) is 0 Å². The molecule has 1 amide bonds. The van der Waals surface area contributed by atoms with Gasteiger partial charge in [0.25, 0.3) is 0 Å². The Bertz CT molecular complexity index is 1330. The van der Waals surface area contributed by atoms with Gasteiger partial charge in [-0.25, -0.2) is 14.6 Å². The average Bonchev–Trinajstić information content (AvgIpc) is 3.50. The molecule has 1 fully saturated rings. The van der Waals surface area contributed by atoms with E-state index in [2.05, 4.69) is 10.3 Å². The first-order valence-electron chi connectivity index (χ1n) is 12.3. The maximum Gasteiger partial charge on any atom is 0.490 e. The molecule has 1 aliphatic rings. The van der Waals surface area contributed by atoms with E-state index in [0.717, 1.165) is 46.7 Å². The molecule has 1 saturated heterocycles. The number of pyridine rings is 1. The Kier molecular flexibility index (Phi) is 13.3. The van der Waals surface area contributed by atoms with Gasteiger partial charge in [0, 0.05) is 24.2 Å². The van der Waals surface area contributed by atoms with Crippen LogP contribution in [-0.2, 0) is 20.8 Å². The molecule has 238 valence electrons. The van der Waals surface area contributed by atoms with Crippen LogP contribution in [-0.4, -0.2) is 74.5 Å². The maximum absolute atomic E-state index is 12.4. The lowest BCUT2D eigenvalue weighted by molar-refractivity contribution is -0.193. The molecular weight excluding hydrogens is 622 g/mol. The minimum absolute atomic E-state index is 0.0275. The fraction of sp³-hybridized carbons (Fsp3) is 0.259. The van der Waals surface area contributed by atoms with Gasteiger partial charge in [-0.3, -0.25) is 4.79 Å². The Morgan fingerprint density at radius 2 is 1.43 bits per heavy atom. The molecule has 17 heteroatoms. The molecule has 0 bridgehead atoms. The summed E-state index contributed by atoms with van der Waals surface area (Å²) in [6.07, 6.45) is -7.90. The van der Waals surface area contributed by atoms with Crippen LogP contribution in [0.25, 0.3) is 0 Å². The minimum Gasteiger partial charge on any atom is -0.475 e. The molecule has 0 aliphatic carbocycles. The number of carboxylic acid groups (broad SMARTS) is 2. The van der Waals surface area contributed by atoms with Gasteiger partial charge in [-0.15, -0.1) is 11.8 Å². The van der Waals surface area contributed by atoms with Crippen LogP contribution in [0.1, 0.15) is 5.56 Å². The van der Waals surface area contributed by atoms with E-state index < -0.39 is 30.3 Å². The number of amides is 1. The Morgan fingerprint density at radius 3 is 1.86 bits per heavy atom. The Labute approximate surface area is 250 Å². The Hall–Kier alpha value is -4.51. The summed E-state index contributed by atoms with van der Waals surface area (Å²) in [6.45, 7) is 0.792. The van der Waals surface area contributed by atoms with Crippen molar-refractivity contribution < 1.29 is 55.7 Å². The normalized spacial score (nSPS) is 13.4. The van der Waals surface area contributed by atoms with E-state index in [9.17, 15) is 31.1 Å². The molecule has 44 heavy (non-hydrogen) atoms. The minimum atomic E-state index is -5.08. The summed E-state index contributed by atoms with van der Waals surface area (Å²) in [5.41, 5.74) is 8.07. The smallest absolute Gasteiger partial charge is 0.475 e. The van der Waals surface area contributed by atoms with Crippen molar-refractivity contribution >= 4 is 41.1 Å². The molecule has 1 aromatic heterocycles. The second kappa shape index (κ2) is 16.4. The maximum atomic E-state index is 12.4. The van der Waals surface area contributed by atoms with Gasteiger partial charge in [0.15, 0.2) is 0 Å². The van der Waals surface area contributed by atoms with Crippen LogP contribution in [0.4, 0.5) is 37.8 Å². The largest absolute Gasteiger partial charge is 0.490 e. The first-order chi connectivity index (χ1) is 20.6. The number of carbonyl (C=O) groups excluding carboxylic acids is 1. The van der Waals surface area contributed by atoms with Crippen LogP contribution >= 0.6 is 11.8 Å². The fourth-order valence-corrected chi connectivity index (χ4v) is 4.14. The van der Waals surface area contributed by atoms with Gasteiger partial charge in [-0.1, -0.05) is 18.2 Å². The number of thioether (sulfide) groups is 1. The van der Waals surface area contributed by atoms with Gasteiger partial charge in [0.2, 0.25) is 5.91 Å². The van der Waals surface area contributed by atoms with Crippen LogP contribution in [0.2, 0.25) is 0 Å². The highest BCUT2D eigenvalue weighted by molar-refractivity contribution is 7.99. The molecular formula is C27H26F6N4O6S. The quantitative estimate of drug-likeness (QED) is 0.249. The predicted molar refractivity (Wildman–Crippen MR) is 149 cm³/mol. The number of ether oxygens (including phenoxy) is 1. The van der Waals surface area contributed by atoms with Gasteiger partial charge < -0.3 is 30.9 Å². The van der Waals surface area contributed by atoms with E-state index in [1.54, 1.807) is 18.0 Å². The molecule has 2 heterocycles. The highest BCUT2D eigenvalue weighted by Crippen LogP contribution is 2.25. The molecule has 0 saturated carbocycles. The summed E-state index contributed by atoms with van der Waals surface area (Å²) in [4.78, 5) is 36.2. The van der Waals surface area contributed by atoms with Gasteiger partial charge >= 0.3 is 24.3 Å². The number of hydrogen-bond acceptors (Lipinski definition) is 8. The molecule has 1 atom stereocenters. The SMILES string of the molecule is N[C@@H](Cc1ccc(Oc2ccc(Nc3ccccn3)cc2)cc1)C(=O)N1CCSC1.O=C(O)C(F)(F)F.O=C(O)C(F)(F)F. The van der Waals surface area contributed by atoms with E-state index in [1.165, 1.54) is 0 Å². The summed E-state index contributed by atoms with van der Waals surface area (Å²) in [6, 6.07) is 20.6. The third-order valence-electron chi connectivity index (χ3n) is 5.27. The van der Waals surface area contributed by atoms with E-state index in [0.29, 0.717) is 6.42 Å². The lowest BCUT2D eigenvalue weighted by atomic mass is 10.1. The van der Waals surface area contributed by atoms with E-state index in [1.807, 2.05) is 71.6 Å². The number of nitrogens with two attached hydrogens (primary N) is 1. The number of hydrogen-bond donors (Lipinski definition) is 4. The third kappa shape index (κ3) is 12.8. The summed E-state index contributed by atoms with van der Waals surface area (Å²) in [5, 5.41) is 17.5. The van der Waals surface area contributed by atoms with Gasteiger partial charge in [-0.05, 0) is 60.5 Å². The number of carbonyl (C=O) groups is 3.